The maximum absolute atomic E-state index is 10.9. The van der Waals surface area contributed by atoms with E-state index in [0.29, 0.717) is 5.92 Å². The van der Waals surface area contributed by atoms with Crippen LogP contribution in [0.2, 0.25) is 3.93 Å². The van der Waals surface area contributed by atoms with E-state index in [2.05, 4.69) is 13.8 Å². The zero-order valence-electron chi connectivity index (χ0n) is 12.3. The van der Waals surface area contributed by atoms with E-state index >= 15 is 0 Å². The molecule has 0 N–H and O–H groups in total. The van der Waals surface area contributed by atoms with Crippen molar-refractivity contribution in [1.82, 2.24) is 0 Å². The van der Waals surface area contributed by atoms with E-state index in [1.165, 1.54) is 19.8 Å². The molecule has 0 bridgehead atoms. The van der Waals surface area contributed by atoms with Crippen LogP contribution in [0.1, 0.15) is 52.9 Å². The van der Waals surface area contributed by atoms with Crippen LogP contribution in [0.5, 0.6) is 0 Å². The molecule has 1 spiro atoms. The molecule has 1 heterocycles. The van der Waals surface area contributed by atoms with Gasteiger partial charge in [0.15, 0.2) is 0 Å². The third kappa shape index (κ3) is 4.15. The van der Waals surface area contributed by atoms with Gasteiger partial charge in [-0.25, -0.2) is 0 Å². The van der Waals surface area contributed by atoms with Gasteiger partial charge in [-0.15, -0.1) is 0 Å². The SMILES string of the molecule is CC(=O)[O][Hg][CH2][C@@H]1CCCCC12O[C@H](C)C[C@@H](C)O2. The van der Waals surface area contributed by atoms with Crippen molar-refractivity contribution in [3.05, 3.63) is 0 Å². The Morgan fingerprint density at radius 2 is 2.00 bits per heavy atom. The molecule has 1 saturated carbocycles. The topological polar surface area (TPSA) is 44.8 Å². The molecule has 2 fully saturated rings. The third-order valence-electron chi connectivity index (χ3n) is 4.19. The van der Waals surface area contributed by atoms with Crippen LogP contribution in [0.3, 0.4) is 0 Å². The first-order valence-corrected chi connectivity index (χ1v) is 13.6. The monoisotopic (exact) mass is 458 g/mol. The maximum atomic E-state index is 10.9. The molecule has 4 nitrogen and oxygen atoms in total. The van der Waals surface area contributed by atoms with Crippen molar-refractivity contribution in [2.75, 3.05) is 0 Å². The second kappa shape index (κ2) is 6.86. The Balaban J connectivity index is 1.99. The van der Waals surface area contributed by atoms with Gasteiger partial charge >= 0.3 is 129 Å². The quantitative estimate of drug-likeness (QED) is 0.612. The Bertz CT molecular complexity index is 311. The molecule has 19 heavy (non-hydrogen) atoms. The number of rotatable bonds is 3. The standard InChI is InChI=1S/C12H21O2.C2H4O2.Hg/c1-9-6-4-5-7-12(9)13-10(2)8-11(3)14-12;1-2(3)4;/h9-11H,1,4-8H2,2-3H3;1H3,(H,3,4);/q;;+1/p-1/t9-,10-,11-;;/m1../s1. The van der Waals surface area contributed by atoms with E-state index in [9.17, 15) is 4.79 Å². The van der Waals surface area contributed by atoms with Crippen LogP contribution in [0.4, 0.5) is 0 Å². The molecule has 0 radical (unpaired) electrons. The molecule has 0 amide bonds. The Hall–Kier alpha value is 0.325. The van der Waals surface area contributed by atoms with E-state index in [1.807, 2.05) is 0 Å². The van der Waals surface area contributed by atoms with Gasteiger partial charge < -0.3 is 0 Å². The summed E-state index contributed by atoms with van der Waals surface area (Å²) in [4.78, 5) is 10.9. The molecule has 2 rings (SSSR count). The molecule has 1 saturated heterocycles. The number of ether oxygens (including phenoxy) is 2. The van der Waals surface area contributed by atoms with Gasteiger partial charge in [0, 0.05) is 0 Å². The van der Waals surface area contributed by atoms with Crippen LogP contribution in [-0.4, -0.2) is 24.0 Å². The van der Waals surface area contributed by atoms with Crippen LogP contribution in [0.15, 0.2) is 0 Å². The summed E-state index contributed by atoms with van der Waals surface area (Å²) in [5, 5.41) is 0. The van der Waals surface area contributed by atoms with E-state index in [-0.39, 0.29) is 24.0 Å². The van der Waals surface area contributed by atoms with Gasteiger partial charge in [-0.2, -0.15) is 0 Å². The Morgan fingerprint density at radius 3 is 2.63 bits per heavy atom. The van der Waals surface area contributed by atoms with E-state index in [0.717, 1.165) is 23.2 Å². The number of carbonyl (C=O) groups excluding carboxylic acids is 1. The van der Waals surface area contributed by atoms with Crippen molar-refractivity contribution in [2.45, 2.75) is 74.8 Å². The van der Waals surface area contributed by atoms with Gasteiger partial charge in [0.05, 0.1) is 0 Å². The van der Waals surface area contributed by atoms with Crippen molar-refractivity contribution in [1.29, 1.82) is 0 Å². The van der Waals surface area contributed by atoms with Gasteiger partial charge in [-0.05, 0) is 0 Å². The summed E-state index contributed by atoms with van der Waals surface area (Å²) in [5.74, 6) is -0.0543. The van der Waals surface area contributed by atoms with Crippen LogP contribution in [0, 0.1) is 5.92 Å². The number of carbonyl (C=O) groups is 1. The predicted octanol–water partition coefficient (Wildman–Crippen LogP) is 3.07. The molecular formula is C14H24HgO4. The summed E-state index contributed by atoms with van der Waals surface area (Å²) < 4.78 is 18.8. The van der Waals surface area contributed by atoms with Gasteiger partial charge in [0.2, 0.25) is 0 Å². The van der Waals surface area contributed by atoms with Crippen molar-refractivity contribution < 1.29 is 41.9 Å². The summed E-state index contributed by atoms with van der Waals surface area (Å²) in [6.45, 7) is 5.79. The number of hydrogen-bond acceptors (Lipinski definition) is 4. The zero-order chi connectivity index (χ0) is 13.9. The second-order valence-corrected chi connectivity index (χ2v) is 10.9. The van der Waals surface area contributed by atoms with Crippen molar-refractivity contribution in [3.8, 4) is 0 Å². The fourth-order valence-corrected chi connectivity index (χ4v) is 8.99. The molecule has 2 aliphatic rings. The third-order valence-corrected chi connectivity index (χ3v) is 10.2. The average Bonchev–Trinajstić information content (AvgIpc) is 2.30. The number of hydrogen-bond donors (Lipinski definition) is 0. The summed E-state index contributed by atoms with van der Waals surface area (Å²) >= 11 is -1.55. The van der Waals surface area contributed by atoms with Crippen LogP contribution in [-0.2, 0) is 41.9 Å². The van der Waals surface area contributed by atoms with Crippen LogP contribution >= 0.6 is 0 Å². The Labute approximate surface area is 128 Å². The van der Waals surface area contributed by atoms with E-state index < -0.39 is 25.0 Å². The molecule has 0 unspecified atom stereocenters. The molecule has 0 aromatic heterocycles. The summed E-state index contributed by atoms with van der Waals surface area (Å²) in [7, 11) is 0. The molecule has 3 atom stereocenters. The summed E-state index contributed by atoms with van der Waals surface area (Å²) in [6, 6.07) is 0. The van der Waals surface area contributed by atoms with Crippen molar-refractivity contribution >= 4 is 5.97 Å². The summed E-state index contributed by atoms with van der Waals surface area (Å²) in [5.41, 5.74) is 0. The zero-order valence-corrected chi connectivity index (χ0v) is 17.8. The molecular weight excluding hydrogens is 433 g/mol. The van der Waals surface area contributed by atoms with Crippen LogP contribution in [0.25, 0.3) is 0 Å². The molecule has 106 valence electrons. The first-order chi connectivity index (χ1) is 9.02. The summed E-state index contributed by atoms with van der Waals surface area (Å²) in [6.07, 6.45) is 6.10. The second-order valence-electron chi connectivity index (χ2n) is 5.98. The molecule has 0 aromatic carbocycles. The van der Waals surface area contributed by atoms with Crippen LogP contribution < -0.4 is 0 Å². The van der Waals surface area contributed by atoms with E-state index in [4.69, 9.17) is 12.1 Å². The fourth-order valence-electron chi connectivity index (χ4n) is 3.48. The molecule has 0 aromatic rings. The fraction of sp³-hybridized carbons (Fsp3) is 0.929. The molecule has 5 heteroatoms. The minimum absolute atomic E-state index is 0.112. The Morgan fingerprint density at radius 1 is 1.32 bits per heavy atom. The van der Waals surface area contributed by atoms with Crippen molar-refractivity contribution in [3.63, 3.8) is 0 Å². The molecule has 1 aliphatic carbocycles. The van der Waals surface area contributed by atoms with E-state index in [1.54, 1.807) is 0 Å². The van der Waals surface area contributed by atoms with Gasteiger partial charge in [0.1, 0.15) is 0 Å². The normalized spacial score (nSPS) is 38.8. The van der Waals surface area contributed by atoms with Gasteiger partial charge in [-0.3, -0.25) is 0 Å². The van der Waals surface area contributed by atoms with Crippen molar-refractivity contribution in [2.24, 2.45) is 5.92 Å². The van der Waals surface area contributed by atoms with Gasteiger partial charge in [0.25, 0.3) is 0 Å². The van der Waals surface area contributed by atoms with Gasteiger partial charge in [-0.1, -0.05) is 0 Å². The average molecular weight is 457 g/mol. The Kier molecular flexibility index (Phi) is 5.67. The predicted molar refractivity (Wildman–Crippen MR) is 67.0 cm³/mol. The first-order valence-electron chi connectivity index (χ1n) is 7.51. The first kappa shape index (κ1) is 15.7. The minimum atomic E-state index is -1.55. The molecule has 1 aliphatic heterocycles.